The largest absolute Gasteiger partial charge is 0.490 e. The standard InChI is InChI=1S/C32H36N6O3/c1-5-40-27-11-6-7-12-28(27)41-31-26(30(39)35-29-22(2)9-8-10-23(29)3)21-33-32(36-31)34-24-13-15-25(16-14-24)38-19-17-37(4)18-20-38/h6-16,21H,5,17-20H2,1-4H3,(H,35,39)(H,33,34,36). The lowest BCUT2D eigenvalue weighted by Crippen LogP contribution is -2.44. The van der Waals surface area contributed by atoms with Crippen LogP contribution in [0.2, 0.25) is 0 Å². The number of nitrogens with one attached hydrogen (secondary N) is 2. The Bertz CT molecular complexity index is 1480. The number of rotatable bonds is 9. The number of amides is 1. The molecule has 0 saturated carbocycles. The Balaban J connectivity index is 1.42. The van der Waals surface area contributed by atoms with Crippen molar-refractivity contribution in [2.45, 2.75) is 20.8 Å². The number of hydrogen-bond donors (Lipinski definition) is 2. The summed E-state index contributed by atoms with van der Waals surface area (Å²) in [6.45, 7) is 10.4. The molecule has 1 saturated heterocycles. The Labute approximate surface area is 241 Å². The lowest BCUT2D eigenvalue weighted by molar-refractivity contribution is 0.102. The molecule has 0 atom stereocenters. The first-order valence-corrected chi connectivity index (χ1v) is 13.9. The summed E-state index contributed by atoms with van der Waals surface area (Å²) in [7, 11) is 2.15. The summed E-state index contributed by atoms with van der Waals surface area (Å²) in [5, 5.41) is 6.26. The second kappa shape index (κ2) is 12.7. The maximum absolute atomic E-state index is 13.5. The number of piperazine rings is 1. The van der Waals surface area contributed by atoms with Gasteiger partial charge in [0.2, 0.25) is 11.8 Å². The van der Waals surface area contributed by atoms with Crippen LogP contribution in [0.15, 0.2) is 72.9 Å². The Morgan fingerprint density at radius 3 is 2.27 bits per heavy atom. The van der Waals surface area contributed by atoms with Crippen molar-refractivity contribution in [1.82, 2.24) is 14.9 Å². The summed E-state index contributed by atoms with van der Waals surface area (Å²) in [6.07, 6.45) is 1.48. The zero-order valence-corrected chi connectivity index (χ0v) is 24.0. The highest BCUT2D eigenvalue weighted by molar-refractivity contribution is 6.06. The number of hydrogen-bond acceptors (Lipinski definition) is 8. The van der Waals surface area contributed by atoms with Gasteiger partial charge in [-0.25, -0.2) is 4.98 Å². The first-order chi connectivity index (χ1) is 19.9. The third-order valence-electron chi connectivity index (χ3n) is 7.07. The van der Waals surface area contributed by atoms with E-state index in [9.17, 15) is 4.79 Å². The molecule has 1 aliphatic heterocycles. The van der Waals surface area contributed by atoms with Gasteiger partial charge in [0.25, 0.3) is 5.91 Å². The molecule has 212 valence electrons. The summed E-state index contributed by atoms with van der Waals surface area (Å²) in [5.41, 5.74) is 4.88. The molecule has 3 aromatic carbocycles. The van der Waals surface area contributed by atoms with E-state index in [1.807, 2.05) is 69.3 Å². The summed E-state index contributed by atoms with van der Waals surface area (Å²) in [5.74, 6) is 1.08. The number of aromatic nitrogens is 2. The number of benzene rings is 3. The fourth-order valence-electron chi connectivity index (χ4n) is 4.72. The van der Waals surface area contributed by atoms with Gasteiger partial charge in [0.1, 0.15) is 5.56 Å². The summed E-state index contributed by atoms with van der Waals surface area (Å²) in [6, 6.07) is 21.4. The summed E-state index contributed by atoms with van der Waals surface area (Å²) in [4.78, 5) is 27.3. The van der Waals surface area contributed by atoms with Gasteiger partial charge < -0.3 is 29.9 Å². The predicted molar refractivity (Wildman–Crippen MR) is 163 cm³/mol. The first-order valence-electron chi connectivity index (χ1n) is 13.9. The lowest BCUT2D eigenvalue weighted by atomic mass is 10.1. The second-order valence-electron chi connectivity index (χ2n) is 10.1. The van der Waals surface area contributed by atoms with E-state index in [0.29, 0.717) is 24.1 Å². The number of aryl methyl sites for hydroxylation is 2. The minimum atomic E-state index is -0.366. The minimum Gasteiger partial charge on any atom is -0.490 e. The van der Waals surface area contributed by atoms with Crippen LogP contribution >= 0.6 is 0 Å². The fraction of sp³-hybridized carbons (Fsp3) is 0.281. The molecule has 9 heteroatoms. The molecule has 1 amide bonds. The third-order valence-corrected chi connectivity index (χ3v) is 7.07. The van der Waals surface area contributed by atoms with Crippen molar-refractivity contribution in [2.24, 2.45) is 0 Å². The van der Waals surface area contributed by atoms with E-state index in [4.69, 9.17) is 9.47 Å². The van der Waals surface area contributed by atoms with E-state index in [1.165, 1.54) is 11.9 Å². The summed E-state index contributed by atoms with van der Waals surface area (Å²) >= 11 is 0. The van der Waals surface area contributed by atoms with E-state index >= 15 is 0 Å². The van der Waals surface area contributed by atoms with Gasteiger partial charge in [-0.05, 0) is 75.3 Å². The van der Waals surface area contributed by atoms with Gasteiger partial charge in [0, 0.05) is 49.4 Å². The molecule has 0 spiro atoms. The van der Waals surface area contributed by atoms with Gasteiger partial charge in [0.15, 0.2) is 11.5 Å². The molecule has 2 heterocycles. The van der Waals surface area contributed by atoms with Gasteiger partial charge in [-0.1, -0.05) is 30.3 Å². The number of para-hydroxylation sites is 3. The minimum absolute atomic E-state index is 0.118. The fourth-order valence-corrected chi connectivity index (χ4v) is 4.72. The van der Waals surface area contributed by atoms with Crippen molar-refractivity contribution in [2.75, 3.05) is 55.4 Å². The predicted octanol–water partition coefficient (Wildman–Crippen LogP) is 6.03. The van der Waals surface area contributed by atoms with Crippen molar-refractivity contribution < 1.29 is 14.3 Å². The molecule has 5 rings (SSSR count). The van der Waals surface area contributed by atoms with Crippen molar-refractivity contribution in [3.8, 4) is 17.4 Å². The quantitative estimate of drug-likeness (QED) is 0.260. The number of nitrogens with zero attached hydrogens (tertiary/aromatic N) is 4. The Kier molecular flexibility index (Phi) is 8.64. The van der Waals surface area contributed by atoms with Gasteiger partial charge >= 0.3 is 0 Å². The molecular formula is C32H36N6O3. The maximum atomic E-state index is 13.5. The molecule has 1 fully saturated rings. The van der Waals surface area contributed by atoms with Crippen LogP contribution in [0.25, 0.3) is 0 Å². The topological polar surface area (TPSA) is 91.9 Å². The first kappa shape index (κ1) is 27.9. The molecule has 1 aromatic heterocycles. The van der Waals surface area contributed by atoms with E-state index in [2.05, 4.69) is 49.6 Å². The summed E-state index contributed by atoms with van der Waals surface area (Å²) < 4.78 is 11.9. The Morgan fingerprint density at radius 1 is 0.902 bits per heavy atom. The highest BCUT2D eigenvalue weighted by Gasteiger charge is 2.20. The molecule has 9 nitrogen and oxygen atoms in total. The molecular weight excluding hydrogens is 516 g/mol. The number of likely N-dealkylation sites (N-methyl/N-ethyl adjacent to an activating group) is 1. The van der Waals surface area contributed by atoms with E-state index < -0.39 is 0 Å². The van der Waals surface area contributed by atoms with E-state index in [0.717, 1.165) is 48.7 Å². The molecule has 0 unspecified atom stereocenters. The highest BCUT2D eigenvalue weighted by atomic mass is 16.5. The highest BCUT2D eigenvalue weighted by Crippen LogP contribution is 2.33. The molecule has 2 N–H and O–H groups in total. The third kappa shape index (κ3) is 6.75. The van der Waals surface area contributed by atoms with Crippen LogP contribution in [0, 0.1) is 13.8 Å². The van der Waals surface area contributed by atoms with Gasteiger partial charge in [-0.15, -0.1) is 0 Å². The number of carbonyl (C=O) groups is 1. The molecule has 0 bridgehead atoms. The second-order valence-corrected chi connectivity index (χ2v) is 10.1. The van der Waals surface area contributed by atoms with Gasteiger partial charge in [0.05, 0.1) is 6.61 Å². The van der Waals surface area contributed by atoms with Crippen LogP contribution in [-0.4, -0.2) is 60.6 Å². The van der Waals surface area contributed by atoms with Crippen LogP contribution in [-0.2, 0) is 0 Å². The van der Waals surface area contributed by atoms with E-state index in [-0.39, 0.29) is 17.4 Å². The molecule has 0 aliphatic carbocycles. The van der Waals surface area contributed by atoms with Crippen LogP contribution in [0.4, 0.5) is 23.0 Å². The van der Waals surface area contributed by atoms with Crippen LogP contribution in [0.5, 0.6) is 17.4 Å². The van der Waals surface area contributed by atoms with Crippen molar-refractivity contribution in [3.63, 3.8) is 0 Å². The van der Waals surface area contributed by atoms with E-state index in [1.54, 1.807) is 6.07 Å². The Hall–Kier alpha value is -4.63. The zero-order chi connectivity index (χ0) is 28.8. The average molecular weight is 553 g/mol. The Morgan fingerprint density at radius 2 is 1.59 bits per heavy atom. The number of carbonyl (C=O) groups excluding carboxylic acids is 1. The molecule has 4 aromatic rings. The molecule has 41 heavy (non-hydrogen) atoms. The lowest BCUT2D eigenvalue weighted by Gasteiger charge is -2.34. The van der Waals surface area contributed by atoms with Gasteiger partial charge in [-0.3, -0.25) is 4.79 Å². The molecule has 0 radical (unpaired) electrons. The normalized spacial score (nSPS) is 13.5. The van der Waals surface area contributed by atoms with Crippen molar-refractivity contribution in [1.29, 1.82) is 0 Å². The van der Waals surface area contributed by atoms with Crippen LogP contribution in [0.1, 0.15) is 28.4 Å². The number of anilines is 4. The van der Waals surface area contributed by atoms with Crippen molar-refractivity contribution in [3.05, 3.63) is 89.6 Å². The molecule has 1 aliphatic rings. The SMILES string of the molecule is CCOc1ccccc1Oc1nc(Nc2ccc(N3CCN(C)CC3)cc2)ncc1C(=O)Nc1c(C)cccc1C. The average Bonchev–Trinajstić information content (AvgIpc) is 2.97. The maximum Gasteiger partial charge on any atom is 0.262 e. The number of ether oxygens (including phenoxy) is 2. The van der Waals surface area contributed by atoms with Crippen LogP contribution < -0.4 is 25.0 Å². The van der Waals surface area contributed by atoms with Gasteiger partial charge in [-0.2, -0.15) is 4.98 Å². The monoisotopic (exact) mass is 552 g/mol. The smallest absolute Gasteiger partial charge is 0.262 e. The van der Waals surface area contributed by atoms with Crippen molar-refractivity contribution >= 4 is 28.9 Å². The zero-order valence-electron chi connectivity index (χ0n) is 24.0. The van der Waals surface area contributed by atoms with Crippen LogP contribution in [0.3, 0.4) is 0 Å².